The number of halogens is 1. The molecule has 0 spiro atoms. The van der Waals surface area contributed by atoms with Crippen LogP contribution in [0.5, 0.6) is 0 Å². The highest BCUT2D eigenvalue weighted by molar-refractivity contribution is 6.29. The minimum atomic E-state index is -0.464. The van der Waals surface area contributed by atoms with E-state index in [-0.39, 0.29) is 10.8 Å². The lowest BCUT2D eigenvalue weighted by Crippen LogP contribution is -2.24. The van der Waals surface area contributed by atoms with Gasteiger partial charge in [0, 0.05) is 13.6 Å². The standard InChI is InChI=1S/C11H16ClN3O2/c1-4-8(2)7-14(3)11-6-9(15(16)17)5-10(12)13-11/h5-6,8H,4,7H2,1-3H3. The van der Waals surface area contributed by atoms with Crippen LogP contribution in [0.15, 0.2) is 12.1 Å². The lowest BCUT2D eigenvalue weighted by Gasteiger charge is -2.21. The number of anilines is 1. The van der Waals surface area contributed by atoms with Crippen LogP contribution in [0.2, 0.25) is 5.15 Å². The number of hydrogen-bond acceptors (Lipinski definition) is 4. The summed E-state index contributed by atoms with van der Waals surface area (Å²) in [6, 6.07) is 2.69. The van der Waals surface area contributed by atoms with Gasteiger partial charge in [0.1, 0.15) is 11.0 Å². The molecule has 0 amide bonds. The maximum absolute atomic E-state index is 10.7. The van der Waals surface area contributed by atoms with Gasteiger partial charge < -0.3 is 4.90 Å². The van der Waals surface area contributed by atoms with Crippen molar-refractivity contribution in [2.45, 2.75) is 20.3 Å². The summed E-state index contributed by atoms with van der Waals surface area (Å²) >= 11 is 5.77. The Hall–Kier alpha value is -1.36. The van der Waals surface area contributed by atoms with Crippen molar-refractivity contribution in [2.24, 2.45) is 5.92 Å². The second kappa shape index (κ2) is 5.82. The SMILES string of the molecule is CCC(C)CN(C)c1cc([N+](=O)[O-])cc(Cl)n1. The van der Waals surface area contributed by atoms with Gasteiger partial charge in [0.25, 0.3) is 5.69 Å². The number of pyridine rings is 1. The molecule has 1 heterocycles. The molecular formula is C11H16ClN3O2. The van der Waals surface area contributed by atoms with E-state index in [1.54, 1.807) is 0 Å². The Balaban J connectivity index is 2.93. The predicted octanol–water partition coefficient (Wildman–Crippen LogP) is 3.13. The first-order valence-corrected chi connectivity index (χ1v) is 5.85. The molecule has 0 N–H and O–H groups in total. The minimum absolute atomic E-state index is 0.0315. The Labute approximate surface area is 106 Å². The summed E-state index contributed by atoms with van der Waals surface area (Å²) in [5.41, 5.74) is -0.0315. The quantitative estimate of drug-likeness (QED) is 0.462. The highest BCUT2D eigenvalue weighted by atomic mass is 35.5. The first-order valence-electron chi connectivity index (χ1n) is 5.47. The smallest absolute Gasteiger partial charge is 0.276 e. The normalized spacial score (nSPS) is 12.2. The summed E-state index contributed by atoms with van der Waals surface area (Å²) in [6.45, 7) is 5.02. The minimum Gasteiger partial charge on any atom is -0.359 e. The topological polar surface area (TPSA) is 59.3 Å². The van der Waals surface area contributed by atoms with E-state index >= 15 is 0 Å². The summed E-state index contributed by atoms with van der Waals surface area (Å²) in [5, 5.41) is 10.9. The summed E-state index contributed by atoms with van der Waals surface area (Å²) in [7, 11) is 1.86. The molecular weight excluding hydrogens is 242 g/mol. The van der Waals surface area contributed by atoms with Gasteiger partial charge >= 0.3 is 0 Å². The summed E-state index contributed by atoms with van der Waals surface area (Å²) < 4.78 is 0. The predicted molar refractivity (Wildman–Crippen MR) is 68.6 cm³/mol. The van der Waals surface area contributed by atoms with Crippen molar-refractivity contribution in [3.8, 4) is 0 Å². The third kappa shape index (κ3) is 3.85. The number of hydrogen-bond donors (Lipinski definition) is 0. The number of nitrogens with zero attached hydrogens (tertiary/aromatic N) is 3. The van der Waals surface area contributed by atoms with Crippen LogP contribution in [0.1, 0.15) is 20.3 Å². The maximum atomic E-state index is 10.7. The van der Waals surface area contributed by atoms with Crippen molar-refractivity contribution in [1.29, 1.82) is 0 Å². The third-order valence-electron chi connectivity index (χ3n) is 2.65. The molecule has 1 aromatic heterocycles. The molecule has 0 saturated carbocycles. The van der Waals surface area contributed by atoms with E-state index in [0.29, 0.717) is 11.7 Å². The van der Waals surface area contributed by atoms with Crippen LogP contribution in [0.25, 0.3) is 0 Å². The fourth-order valence-corrected chi connectivity index (χ4v) is 1.66. The van der Waals surface area contributed by atoms with Crippen LogP contribution in [-0.2, 0) is 0 Å². The second-order valence-electron chi connectivity index (χ2n) is 4.16. The second-order valence-corrected chi connectivity index (χ2v) is 4.54. The first-order chi connectivity index (χ1) is 7.93. The summed E-state index contributed by atoms with van der Waals surface area (Å²) in [6.07, 6.45) is 1.05. The van der Waals surface area contributed by atoms with Gasteiger partial charge in [0.2, 0.25) is 0 Å². The molecule has 0 aliphatic carbocycles. The zero-order valence-electron chi connectivity index (χ0n) is 10.2. The Morgan fingerprint density at radius 3 is 2.76 bits per heavy atom. The van der Waals surface area contributed by atoms with Gasteiger partial charge in [0.05, 0.1) is 17.1 Å². The number of nitro groups is 1. The average Bonchev–Trinajstić information content (AvgIpc) is 2.27. The van der Waals surface area contributed by atoms with Crippen molar-refractivity contribution in [3.63, 3.8) is 0 Å². The number of rotatable bonds is 5. The van der Waals surface area contributed by atoms with E-state index in [9.17, 15) is 10.1 Å². The number of aromatic nitrogens is 1. The molecule has 0 aliphatic rings. The molecule has 1 aromatic rings. The molecule has 1 atom stereocenters. The molecule has 0 fully saturated rings. The van der Waals surface area contributed by atoms with E-state index in [0.717, 1.165) is 13.0 Å². The highest BCUT2D eigenvalue weighted by Gasteiger charge is 2.14. The van der Waals surface area contributed by atoms with Crippen LogP contribution >= 0.6 is 11.6 Å². The lowest BCUT2D eigenvalue weighted by atomic mass is 10.1. The first kappa shape index (κ1) is 13.7. The molecule has 1 rings (SSSR count). The van der Waals surface area contributed by atoms with Crippen LogP contribution in [0, 0.1) is 16.0 Å². The van der Waals surface area contributed by atoms with Crippen molar-refractivity contribution >= 4 is 23.1 Å². The molecule has 0 saturated heterocycles. The monoisotopic (exact) mass is 257 g/mol. The van der Waals surface area contributed by atoms with Gasteiger partial charge in [-0.05, 0) is 5.92 Å². The zero-order valence-corrected chi connectivity index (χ0v) is 10.9. The zero-order chi connectivity index (χ0) is 13.0. The molecule has 5 nitrogen and oxygen atoms in total. The summed E-state index contributed by atoms with van der Waals surface area (Å²) in [5.74, 6) is 1.03. The van der Waals surface area contributed by atoms with Gasteiger partial charge in [-0.25, -0.2) is 4.98 Å². The van der Waals surface area contributed by atoms with Crippen LogP contribution in [0.4, 0.5) is 11.5 Å². The van der Waals surface area contributed by atoms with E-state index < -0.39 is 4.92 Å². The molecule has 0 aliphatic heterocycles. The van der Waals surface area contributed by atoms with Crippen LogP contribution < -0.4 is 4.90 Å². The van der Waals surface area contributed by atoms with Gasteiger partial charge in [-0.3, -0.25) is 10.1 Å². The van der Waals surface area contributed by atoms with Crippen molar-refractivity contribution in [3.05, 3.63) is 27.4 Å². The molecule has 0 bridgehead atoms. The molecule has 0 radical (unpaired) electrons. The Morgan fingerprint density at radius 1 is 1.59 bits per heavy atom. The van der Waals surface area contributed by atoms with E-state index in [2.05, 4.69) is 18.8 Å². The average molecular weight is 258 g/mol. The summed E-state index contributed by atoms with van der Waals surface area (Å²) in [4.78, 5) is 16.2. The van der Waals surface area contributed by atoms with E-state index in [1.165, 1.54) is 12.1 Å². The van der Waals surface area contributed by atoms with E-state index in [1.807, 2.05) is 11.9 Å². The van der Waals surface area contributed by atoms with Crippen molar-refractivity contribution < 1.29 is 4.92 Å². The Bertz CT molecular complexity index is 412. The van der Waals surface area contributed by atoms with Gasteiger partial charge in [-0.2, -0.15) is 0 Å². The maximum Gasteiger partial charge on any atom is 0.276 e. The molecule has 6 heteroatoms. The molecule has 0 aromatic carbocycles. The van der Waals surface area contributed by atoms with Crippen molar-refractivity contribution in [2.75, 3.05) is 18.5 Å². The lowest BCUT2D eigenvalue weighted by molar-refractivity contribution is -0.384. The van der Waals surface area contributed by atoms with Gasteiger partial charge in [-0.15, -0.1) is 0 Å². The molecule has 1 unspecified atom stereocenters. The van der Waals surface area contributed by atoms with E-state index in [4.69, 9.17) is 11.6 Å². The third-order valence-corrected chi connectivity index (χ3v) is 2.84. The largest absolute Gasteiger partial charge is 0.359 e. The van der Waals surface area contributed by atoms with Crippen LogP contribution in [-0.4, -0.2) is 23.5 Å². The molecule has 94 valence electrons. The van der Waals surface area contributed by atoms with Gasteiger partial charge in [-0.1, -0.05) is 31.9 Å². The van der Waals surface area contributed by atoms with Crippen LogP contribution in [0.3, 0.4) is 0 Å². The Kier molecular flexibility index (Phi) is 4.69. The highest BCUT2D eigenvalue weighted by Crippen LogP contribution is 2.23. The molecule has 17 heavy (non-hydrogen) atoms. The fraction of sp³-hybridized carbons (Fsp3) is 0.545. The Morgan fingerprint density at radius 2 is 2.24 bits per heavy atom. The van der Waals surface area contributed by atoms with Gasteiger partial charge in [0.15, 0.2) is 0 Å². The van der Waals surface area contributed by atoms with Crippen molar-refractivity contribution in [1.82, 2.24) is 4.98 Å². The fourth-order valence-electron chi connectivity index (χ4n) is 1.46.